The summed E-state index contributed by atoms with van der Waals surface area (Å²) in [5, 5.41) is 0.670. The lowest BCUT2D eigenvalue weighted by Gasteiger charge is -2.16. The first kappa shape index (κ1) is 14.8. The summed E-state index contributed by atoms with van der Waals surface area (Å²) in [5.41, 5.74) is 0. The smallest absolute Gasteiger partial charge is 0.342 e. The molecule has 0 aliphatic carbocycles. The van der Waals surface area contributed by atoms with Gasteiger partial charge in [-0.25, -0.2) is 9.97 Å². The minimum Gasteiger partial charge on any atom is -0.342 e. The van der Waals surface area contributed by atoms with E-state index in [4.69, 9.17) is 0 Å². The molecule has 5 nitrogen and oxygen atoms in total. The lowest BCUT2D eigenvalue weighted by Crippen LogP contribution is -2.23. The van der Waals surface area contributed by atoms with Gasteiger partial charge in [0, 0.05) is 37.4 Å². The fraction of sp³-hybridized carbons (Fsp3) is 0.545. The number of alkyl halides is 3. The van der Waals surface area contributed by atoms with Crippen LogP contribution in [0.15, 0.2) is 12.4 Å². The van der Waals surface area contributed by atoms with E-state index in [0.717, 1.165) is 16.8 Å². The number of hydrogen-bond donors (Lipinski definition) is 0. The summed E-state index contributed by atoms with van der Waals surface area (Å²) in [5.74, 6) is 1.08. The van der Waals surface area contributed by atoms with Gasteiger partial charge in [-0.05, 0) is 0 Å². The average Bonchev–Trinajstić information content (AvgIpc) is 2.97. The first-order valence-electron chi connectivity index (χ1n) is 5.99. The molecule has 0 atom stereocenters. The monoisotopic (exact) mass is 305 g/mol. The van der Waals surface area contributed by atoms with E-state index in [0.29, 0.717) is 11.0 Å². The van der Waals surface area contributed by atoms with Crippen LogP contribution in [0.1, 0.15) is 18.6 Å². The molecule has 2 aromatic heterocycles. The highest BCUT2D eigenvalue weighted by atomic mass is 32.1. The standard InChI is InChI=1S/C11H14F3N5S/c1-3-8-16-10(20-17-8)18(2)6-9-15-4-5-19(9)7-11(12,13)14/h4-5H,3,6-7H2,1-2H3. The third kappa shape index (κ3) is 3.69. The van der Waals surface area contributed by atoms with Crippen molar-refractivity contribution in [2.45, 2.75) is 32.6 Å². The summed E-state index contributed by atoms with van der Waals surface area (Å²) in [4.78, 5) is 10.0. The van der Waals surface area contributed by atoms with Gasteiger partial charge < -0.3 is 9.47 Å². The molecule has 2 rings (SSSR count). The van der Waals surface area contributed by atoms with Crippen LogP contribution in [0.25, 0.3) is 0 Å². The van der Waals surface area contributed by atoms with Crippen molar-refractivity contribution in [3.63, 3.8) is 0 Å². The number of aryl methyl sites for hydroxylation is 1. The van der Waals surface area contributed by atoms with Gasteiger partial charge in [-0.2, -0.15) is 17.5 Å². The van der Waals surface area contributed by atoms with Gasteiger partial charge in [0.15, 0.2) is 0 Å². The lowest BCUT2D eigenvalue weighted by molar-refractivity contribution is -0.141. The Labute approximate surface area is 118 Å². The van der Waals surface area contributed by atoms with Gasteiger partial charge >= 0.3 is 6.18 Å². The molecule has 0 radical (unpaired) electrons. The van der Waals surface area contributed by atoms with Crippen molar-refractivity contribution in [1.29, 1.82) is 0 Å². The highest BCUT2D eigenvalue weighted by Gasteiger charge is 2.29. The first-order valence-corrected chi connectivity index (χ1v) is 6.77. The first-order chi connectivity index (χ1) is 9.39. The van der Waals surface area contributed by atoms with Gasteiger partial charge in [0.1, 0.15) is 18.2 Å². The summed E-state index contributed by atoms with van der Waals surface area (Å²) in [7, 11) is 1.76. The second-order valence-electron chi connectivity index (χ2n) is 4.29. The molecule has 0 unspecified atom stereocenters. The Morgan fingerprint density at radius 1 is 1.40 bits per heavy atom. The normalized spacial score (nSPS) is 11.8. The molecule has 2 aromatic rings. The third-order valence-electron chi connectivity index (χ3n) is 2.63. The van der Waals surface area contributed by atoms with Crippen molar-refractivity contribution < 1.29 is 13.2 Å². The Morgan fingerprint density at radius 2 is 2.15 bits per heavy atom. The molecule has 0 aliphatic rings. The number of imidazole rings is 1. The van der Waals surface area contributed by atoms with E-state index in [-0.39, 0.29) is 6.54 Å². The zero-order valence-electron chi connectivity index (χ0n) is 11.1. The number of nitrogens with zero attached hydrogens (tertiary/aromatic N) is 5. The quantitative estimate of drug-likeness (QED) is 0.851. The summed E-state index contributed by atoms with van der Waals surface area (Å²) in [6.45, 7) is 1.16. The molecule has 0 amide bonds. The fourth-order valence-electron chi connectivity index (χ4n) is 1.65. The Hall–Kier alpha value is -1.64. The van der Waals surface area contributed by atoms with Crippen molar-refractivity contribution in [3.05, 3.63) is 24.0 Å². The minimum absolute atomic E-state index is 0.251. The van der Waals surface area contributed by atoms with Gasteiger partial charge in [0.05, 0.1) is 6.54 Å². The van der Waals surface area contributed by atoms with E-state index in [1.807, 2.05) is 6.92 Å². The molecule has 2 heterocycles. The molecule has 9 heteroatoms. The van der Waals surface area contributed by atoms with Crippen LogP contribution >= 0.6 is 11.5 Å². The molecular formula is C11H14F3N5S. The van der Waals surface area contributed by atoms with Crippen molar-refractivity contribution >= 4 is 16.7 Å². The van der Waals surface area contributed by atoms with E-state index in [1.54, 1.807) is 11.9 Å². The highest BCUT2D eigenvalue weighted by Crippen LogP contribution is 2.21. The fourth-order valence-corrected chi connectivity index (χ4v) is 2.36. The van der Waals surface area contributed by atoms with E-state index in [9.17, 15) is 13.2 Å². The summed E-state index contributed by atoms with van der Waals surface area (Å²) < 4.78 is 42.5. The van der Waals surface area contributed by atoms with Crippen molar-refractivity contribution in [3.8, 4) is 0 Å². The van der Waals surface area contributed by atoms with Crippen LogP contribution in [0.2, 0.25) is 0 Å². The Balaban J connectivity index is 2.08. The van der Waals surface area contributed by atoms with Crippen molar-refractivity contribution in [2.75, 3.05) is 11.9 Å². The van der Waals surface area contributed by atoms with E-state index in [1.165, 1.54) is 23.9 Å². The maximum Gasteiger partial charge on any atom is 0.406 e. The van der Waals surface area contributed by atoms with Crippen molar-refractivity contribution in [2.24, 2.45) is 0 Å². The summed E-state index contributed by atoms with van der Waals surface area (Å²) >= 11 is 1.23. The predicted molar refractivity (Wildman–Crippen MR) is 69.7 cm³/mol. The van der Waals surface area contributed by atoms with Crippen LogP contribution in [-0.4, -0.2) is 32.1 Å². The SMILES string of the molecule is CCc1nsc(N(C)Cc2nccn2CC(F)(F)F)n1. The molecule has 110 valence electrons. The van der Waals surface area contributed by atoms with Crippen molar-refractivity contribution in [1.82, 2.24) is 18.9 Å². The molecule has 0 spiro atoms. The topological polar surface area (TPSA) is 46.8 Å². The van der Waals surface area contributed by atoms with Crippen LogP contribution in [0.3, 0.4) is 0 Å². The summed E-state index contributed by atoms with van der Waals surface area (Å²) in [6.07, 6.45) is -0.833. The molecule has 0 aliphatic heterocycles. The Kier molecular flexibility index (Phi) is 4.26. The van der Waals surface area contributed by atoms with Gasteiger partial charge in [-0.15, -0.1) is 0 Å². The second-order valence-corrected chi connectivity index (χ2v) is 5.02. The summed E-state index contributed by atoms with van der Waals surface area (Å²) in [6, 6.07) is 0. The minimum atomic E-state index is -4.26. The second kappa shape index (κ2) is 5.78. The highest BCUT2D eigenvalue weighted by molar-refractivity contribution is 7.09. The largest absolute Gasteiger partial charge is 0.406 e. The van der Waals surface area contributed by atoms with Gasteiger partial charge in [0.2, 0.25) is 5.13 Å². The number of aromatic nitrogens is 4. The van der Waals surface area contributed by atoms with Crippen LogP contribution in [0.5, 0.6) is 0 Å². The van der Waals surface area contributed by atoms with Crippen LogP contribution in [0, 0.1) is 0 Å². The third-order valence-corrected chi connectivity index (χ3v) is 3.50. The molecular weight excluding hydrogens is 291 g/mol. The Morgan fingerprint density at radius 3 is 2.75 bits per heavy atom. The van der Waals surface area contributed by atoms with Gasteiger partial charge in [-0.3, -0.25) is 0 Å². The number of anilines is 1. The molecule has 0 saturated heterocycles. The number of hydrogen-bond acceptors (Lipinski definition) is 5. The lowest BCUT2D eigenvalue weighted by atomic mass is 10.5. The number of halogens is 3. The van der Waals surface area contributed by atoms with E-state index in [2.05, 4.69) is 14.3 Å². The molecule has 0 aromatic carbocycles. The number of rotatable bonds is 5. The zero-order valence-corrected chi connectivity index (χ0v) is 11.9. The molecule has 0 bridgehead atoms. The van der Waals surface area contributed by atoms with Crippen LogP contribution < -0.4 is 4.90 Å². The molecule has 0 N–H and O–H groups in total. The molecule has 0 saturated carbocycles. The van der Waals surface area contributed by atoms with Crippen LogP contribution in [0.4, 0.5) is 18.3 Å². The van der Waals surface area contributed by atoms with Gasteiger partial charge in [0.25, 0.3) is 0 Å². The predicted octanol–water partition coefficient (Wildman–Crippen LogP) is 2.50. The molecule has 0 fully saturated rings. The molecule has 20 heavy (non-hydrogen) atoms. The average molecular weight is 305 g/mol. The Bertz CT molecular complexity index is 562. The van der Waals surface area contributed by atoms with E-state index >= 15 is 0 Å². The maximum atomic E-state index is 12.4. The van der Waals surface area contributed by atoms with Gasteiger partial charge in [-0.1, -0.05) is 6.92 Å². The van der Waals surface area contributed by atoms with E-state index < -0.39 is 12.7 Å². The van der Waals surface area contributed by atoms with Crippen LogP contribution in [-0.2, 0) is 19.5 Å². The maximum absolute atomic E-state index is 12.4. The zero-order chi connectivity index (χ0) is 14.8.